The highest BCUT2D eigenvalue weighted by Gasteiger charge is 2.39. The second kappa shape index (κ2) is 6.26. The van der Waals surface area contributed by atoms with E-state index in [0.717, 1.165) is 12.1 Å². The summed E-state index contributed by atoms with van der Waals surface area (Å²) in [6, 6.07) is 4.83. The number of hydrogen-bond donors (Lipinski definition) is 1. The summed E-state index contributed by atoms with van der Waals surface area (Å²) in [5.41, 5.74) is 0.965. The van der Waals surface area contributed by atoms with Crippen molar-refractivity contribution in [1.29, 1.82) is 0 Å². The van der Waals surface area contributed by atoms with Crippen LogP contribution >= 0.6 is 11.6 Å². The van der Waals surface area contributed by atoms with Gasteiger partial charge in [-0.05, 0) is 17.7 Å². The van der Waals surface area contributed by atoms with Gasteiger partial charge >= 0.3 is 0 Å². The second-order valence-electron chi connectivity index (χ2n) is 6.79. The Morgan fingerprint density at radius 2 is 2.00 bits per heavy atom. The van der Waals surface area contributed by atoms with Crippen LogP contribution in [0.4, 0.5) is 14.5 Å². The van der Waals surface area contributed by atoms with Crippen LogP contribution < -0.4 is 10.5 Å². The van der Waals surface area contributed by atoms with E-state index in [9.17, 15) is 18.4 Å². The average molecular weight is 367 g/mol. The Morgan fingerprint density at radius 3 is 2.64 bits per heavy atom. The molecule has 1 N–H and O–H groups in total. The van der Waals surface area contributed by atoms with Crippen LogP contribution in [0.5, 0.6) is 0 Å². The number of halogens is 3. The third-order valence-electron chi connectivity index (χ3n) is 4.43. The van der Waals surface area contributed by atoms with Crippen LogP contribution in [0.15, 0.2) is 29.1 Å². The molecule has 1 aliphatic rings. The molecule has 2 heterocycles. The van der Waals surface area contributed by atoms with Gasteiger partial charge in [0, 0.05) is 35.7 Å². The van der Waals surface area contributed by atoms with E-state index in [1.54, 1.807) is 6.07 Å². The van der Waals surface area contributed by atoms with Crippen molar-refractivity contribution in [3.05, 3.63) is 63.1 Å². The number of fused-ring (bicyclic) bond motifs is 1. The second-order valence-corrected chi connectivity index (χ2v) is 7.06. The lowest BCUT2D eigenvalue weighted by Gasteiger charge is -2.19. The zero-order valence-corrected chi connectivity index (χ0v) is 14.6. The topological polar surface area (TPSA) is 53.2 Å². The molecule has 1 aromatic carbocycles. The Morgan fingerprint density at radius 1 is 1.28 bits per heavy atom. The Labute approximate surface area is 148 Å². The van der Waals surface area contributed by atoms with Crippen molar-refractivity contribution in [3.63, 3.8) is 0 Å². The van der Waals surface area contributed by atoms with Gasteiger partial charge in [-0.1, -0.05) is 19.9 Å². The summed E-state index contributed by atoms with van der Waals surface area (Å²) in [6.45, 7) is 4.24. The monoisotopic (exact) mass is 366 g/mol. The standard InChI is InChI=1S/C18H17ClF2N2O2/c1-18(2)9-23(15(24)8-19)14-6-11(17(25)22-16(14)18)5-10-3-4-12(20)7-13(10)21/h3-4,6-7H,5,8-9H2,1-2H3,(H,22,25). The fourth-order valence-corrected chi connectivity index (χ4v) is 3.29. The molecule has 0 aliphatic carbocycles. The molecule has 0 radical (unpaired) electrons. The number of nitrogens with zero attached hydrogens (tertiary/aromatic N) is 1. The molecular formula is C18H17ClF2N2O2. The Bertz CT molecular complexity index is 908. The number of alkyl halides is 1. The smallest absolute Gasteiger partial charge is 0.251 e. The molecule has 0 spiro atoms. The maximum absolute atomic E-state index is 13.9. The van der Waals surface area contributed by atoms with Crippen molar-refractivity contribution < 1.29 is 13.6 Å². The molecule has 132 valence electrons. The predicted molar refractivity (Wildman–Crippen MR) is 92.3 cm³/mol. The molecule has 7 heteroatoms. The normalized spacial score (nSPS) is 15.3. The number of nitrogens with one attached hydrogen (secondary N) is 1. The Kier molecular flexibility index (Phi) is 4.41. The van der Waals surface area contributed by atoms with Crippen LogP contribution in [0.2, 0.25) is 0 Å². The zero-order valence-electron chi connectivity index (χ0n) is 13.8. The molecular weight excluding hydrogens is 350 g/mol. The lowest BCUT2D eigenvalue weighted by Crippen LogP contribution is -2.34. The summed E-state index contributed by atoms with van der Waals surface area (Å²) < 4.78 is 26.9. The van der Waals surface area contributed by atoms with Gasteiger partial charge in [-0.15, -0.1) is 11.6 Å². The first kappa shape index (κ1) is 17.6. The molecule has 3 rings (SSSR count). The van der Waals surface area contributed by atoms with Crippen LogP contribution in [-0.4, -0.2) is 23.3 Å². The molecule has 0 atom stereocenters. The predicted octanol–water partition coefficient (Wildman–Crippen LogP) is 3.11. The molecule has 1 aliphatic heterocycles. The van der Waals surface area contributed by atoms with E-state index in [1.807, 2.05) is 13.8 Å². The highest BCUT2D eigenvalue weighted by Crippen LogP contribution is 2.39. The van der Waals surface area contributed by atoms with Crippen molar-refractivity contribution in [2.24, 2.45) is 0 Å². The number of aromatic amines is 1. The Hall–Kier alpha value is -2.21. The minimum absolute atomic E-state index is 0.00192. The summed E-state index contributed by atoms with van der Waals surface area (Å²) in [4.78, 5) is 28.9. The fourth-order valence-electron chi connectivity index (χ4n) is 3.15. The summed E-state index contributed by atoms with van der Waals surface area (Å²) in [6.07, 6.45) is -0.00192. The molecule has 2 aromatic rings. The van der Waals surface area contributed by atoms with Crippen LogP contribution in [0, 0.1) is 11.6 Å². The first-order valence-corrected chi connectivity index (χ1v) is 8.33. The first-order chi connectivity index (χ1) is 11.7. The van der Waals surface area contributed by atoms with Crippen LogP contribution in [-0.2, 0) is 16.6 Å². The van der Waals surface area contributed by atoms with Gasteiger partial charge in [-0.25, -0.2) is 8.78 Å². The van der Waals surface area contributed by atoms with Crippen molar-refractivity contribution in [2.75, 3.05) is 17.3 Å². The molecule has 0 unspecified atom stereocenters. The number of rotatable bonds is 3. The molecule has 0 fully saturated rings. The highest BCUT2D eigenvalue weighted by molar-refractivity contribution is 6.29. The number of benzene rings is 1. The first-order valence-electron chi connectivity index (χ1n) is 7.80. The van der Waals surface area contributed by atoms with E-state index in [2.05, 4.69) is 4.98 Å². The summed E-state index contributed by atoms with van der Waals surface area (Å²) in [5.74, 6) is -1.82. The van der Waals surface area contributed by atoms with Crippen molar-refractivity contribution in [1.82, 2.24) is 4.98 Å². The van der Waals surface area contributed by atoms with Crippen molar-refractivity contribution >= 4 is 23.2 Å². The largest absolute Gasteiger partial charge is 0.323 e. The number of aromatic nitrogens is 1. The summed E-state index contributed by atoms with van der Waals surface area (Å²) in [5, 5.41) is 0. The number of H-pyrrole nitrogens is 1. The number of amides is 1. The Balaban J connectivity index is 2.06. The number of pyridine rings is 1. The van der Waals surface area contributed by atoms with E-state index in [4.69, 9.17) is 11.6 Å². The van der Waals surface area contributed by atoms with Gasteiger partial charge in [0.05, 0.1) is 5.69 Å². The van der Waals surface area contributed by atoms with Gasteiger partial charge < -0.3 is 9.88 Å². The third-order valence-corrected chi connectivity index (χ3v) is 4.66. The van der Waals surface area contributed by atoms with E-state index < -0.39 is 17.0 Å². The third kappa shape index (κ3) is 3.18. The molecule has 1 amide bonds. The molecule has 1 aromatic heterocycles. The summed E-state index contributed by atoms with van der Waals surface area (Å²) in [7, 11) is 0. The number of carbonyl (C=O) groups excluding carboxylic acids is 1. The maximum atomic E-state index is 13.9. The SMILES string of the molecule is CC1(C)CN(C(=O)CCl)c2cc(Cc3ccc(F)cc3F)c(=O)[nH]c21. The van der Waals surface area contributed by atoms with Gasteiger partial charge in [0.2, 0.25) is 5.91 Å². The van der Waals surface area contributed by atoms with E-state index in [1.165, 1.54) is 11.0 Å². The molecule has 4 nitrogen and oxygen atoms in total. The van der Waals surface area contributed by atoms with Crippen LogP contribution in [0.25, 0.3) is 0 Å². The lowest BCUT2D eigenvalue weighted by atomic mass is 9.91. The fraction of sp³-hybridized carbons (Fsp3) is 0.333. The van der Waals surface area contributed by atoms with Gasteiger partial charge in [0.25, 0.3) is 5.56 Å². The van der Waals surface area contributed by atoms with E-state index in [-0.39, 0.29) is 29.3 Å². The summed E-state index contributed by atoms with van der Waals surface area (Å²) >= 11 is 5.68. The van der Waals surface area contributed by atoms with Gasteiger partial charge in [0.15, 0.2) is 0 Å². The number of carbonyl (C=O) groups is 1. The molecule has 0 saturated heterocycles. The van der Waals surface area contributed by atoms with Gasteiger partial charge in [-0.2, -0.15) is 0 Å². The van der Waals surface area contributed by atoms with E-state index >= 15 is 0 Å². The molecule has 25 heavy (non-hydrogen) atoms. The number of hydrogen-bond acceptors (Lipinski definition) is 2. The maximum Gasteiger partial charge on any atom is 0.251 e. The highest BCUT2D eigenvalue weighted by atomic mass is 35.5. The van der Waals surface area contributed by atoms with E-state index in [0.29, 0.717) is 23.5 Å². The minimum atomic E-state index is -0.714. The lowest BCUT2D eigenvalue weighted by molar-refractivity contribution is -0.116. The zero-order chi connectivity index (χ0) is 18.4. The molecule has 0 saturated carbocycles. The van der Waals surface area contributed by atoms with Gasteiger partial charge in [0.1, 0.15) is 17.5 Å². The average Bonchev–Trinajstić information content (AvgIpc) is 2.80. The van der Waals surface area contributed by atoms with Crippen LogP contribution in [0.1, 0.15) is 30.7 Å². The van der Waals surface area contributed by atoms with Gasteiger partial charge in [-0.3, -0.25) is 9.59 Å². The number of anilines is 1. The quantitative estimate of drug-likeness (QED) is 0.849. The van der Waals surface area contributed by atoms with Crippen molar-refractivity contribution in [3.8, 4) is 0 Å². The molecule has 0 bridgehead atoms. The van der Waals surface area contributed by atoms with Crippen molar-refractivity contribution in [2.45, 2.75) is 25.7 Å². The minimum Gasteiger partial charge on any atom is -0.323 e. The van der Waals surface area contributed by atoms with Crippen LogP contribution in [0.3, 0.4) is 0 Å².